The predicted octanol–water partition coefficient (Wildman–Crippen LogP) is 3.56. The lowest BCUT2D eigenvalue weighted by atomic mass is 10.1. The van der Waals surface area contributed by atoms with Gasteiger partial charge in [-0.25, -0.2) is 0 Å². The van der Waals surface area contributed by atoms with Crippen molar-refractivity contribution in [3.05, 3.63) is 82.9 Å². The molecule has 1 N–H and O–H groups in total. The Morgan fingerprint density at radius 2 is 2.00 bits per heavy atom. The first-order valence-electron chi connectivity index (χ1n) is 6.84. The zero-order chi connectivity index (χ0) is 15.4. The molecule has 0 aliphatic rings. The maximum atomic E-state index is 12.5. The van der Waals surface area contributed by atoms with E-state index in [9.17, 15) is 4.79 Å². The van der Waals surface area contributed by atoms with Crippen LogP contribution < -0.4 is 5.32 Å². The van der Waals surface area contributed by atoms with E-state index in [1.807, 2.05) is 59.4 Å². The van der Waals surface area contributed by atoms with Gasteiger partial charge in [0.2, 0.25) is 0 Å². The lowest BCUT2D eigenvalue weighted by Crippen LogP contribution is -2.24. The summed E-state index contributed by atoms with van der Waals surface area (Å²) in [6, 6.07) is 13.3. The quantitative estimate of drug-likeness (QED) is 0.777. The van der Waals surface area contributed by atoms with Crippen molar-refractivity contribution in [1.82, 2.24) is 14.9 Å². The van der Waals surface area contributed by atoms with Crippen LogP contribution in [0.3, 0.4) is 0 Å². The molecule has 1 amide bonds. The van der Waals surface area contributed by atoms with Gasteiger partial charge in [0.05, 0.1) is 11.3 Å². The third-order valence-electron chi connectivity index (χ3n) is 3.26. The number of benzene rings is 1. The molecule has 22 heavy (non-hydrogen) atoms. The molecule has 4 nitrogen and oxygen atoms in total. The maximum absolute atomic E-state index is 12.5. The van der Waals surface area contributed by atoms with Crippen molar-refractivity contribution < 1.29 is 4.79 Å². The number of halogens is 1. The van der Waals surface area contributed by atoms with Crippen LogP contribution in [0.2, 0.25) is 0 Å². The monoisotopic (exact) mass is 355 g/mol. The fourth-order valence-electron chi connectivity index (χ4n) is 2.19. The fraction of sp³-hybridized carbons (Fsp3) is 0.0588. The average molecular weight is 356 g/mol. The van der Waals surface area contributed by atoms with Crippen LogP contribution in [0.1, 0.15) is 15.9 Å². The topological polar surface area (TPSA) is 46.9 Å². The molecule has 0 fully saturated rings. The molecular formula is C17H14BrN3O. The number of carbonyl (C=O) groups is 1. The van der Waals surface area contributed by atoms with Crippen molar-refractivity contribution in [2.75, 3.05) is 0 Å². The Morgan fingerprint density at radius 3 is 2.73 bits per heavy atom. The van der Waals surface area contributed by atoms with E-state index in [0.717, 1.165) is 15.7 Å². The van der Waals surface area contributed by atoms with E-state index in [1.165, 1.54) is 0 Å². The highest BCUT2D eigenvalue weighted by molar-refractivity contribution is 9.10. The van der Waals surface area contributed by atoms with Crippen LogP contribution in [-0.4, -0.2) is 15.5 Å². The summed E-state index contributed by atoms with van der Waals surface area (Å²) in [6.45, 7) is 0.449. The Bertz CT molecular complexity index is 770. The number of rotatable bonds is 4. The first kappa shape index (κ1) is 14.5. The minimum absolute atomic E-state index is 0.117. The normalized spacial score (nSPS) is 10.4. The van der Waals surface area contributed by atoms with Gasteiger partial charge in [-0.3, -0.25) is 9.78 Å². The highest BCUT2D eigenvalue weighted by Gasteiger charge is 2.13. The van der Waals surface area contributed by atoms with E-state index in [-0.39, 0.29) is 5.91 Å². The molecule has 0 bridgehead atoms. The Hall–Kier alpha value is -2.40. The lowest BCUT2D eigenvalue weighted by molar-refractivity contribution is 0.0951. The smallest absolute Gasteiger partial charge is 0.253 e. The van der Waals surface area contributed by atoms with Crippen molar-refractivity contribution in [3.8, 4) is 5.69 Å². The molecule has 0 saturated heterocycles. The van der Waals surface area contributed by atoms with Gasteiger partial charge in [-0.15, -0.1) is 0 Å². The third kappa shape index (κ3) is 3.26. The summed E-state index contributed by atoms with van der Waals surface area (Å²) in [5.41, 5.74) is 2.43. The highest BCUT2D eigenvalue weighted by atomic mass is 79.9. The summed E-state index contributed by atoms with van der Waals surface area (Å²) in [5, 5.41) is 2.93. The van der Waals surface area contributed by atoms with E-state index >= 15 is 0 Å². The molecule has 3 aromatic rings. The zero-order valence-electron chi connectivity index (χ0n) is 11.7. The molecule has 0 aliphatic heterocycles. The molecule has 2 aromatic heterocycles. The Balaban J connectivity index is 1.84. The third-order valence-corrected chi connectivity index (χ3v) is 3.75. The standard InChI is InChI=1S/C17H14BrN3O/c18-14-5-6-16(21-8-1-2-9-21)15(10-14)17(22)20-12-13-4-3-7-19-11-13/h1-11H,12H2,(H,20,22). The van der Waals surface area contributed by atoms with Gasteiger partial charge >= 0.3 is 0 Å². The molecule has 0 saturated carbocycles. The van der Waals surface area contributed by atoms with Crippen LogP contribution in [0.25, 0.3) is 5.69 Å². The summed E-state index contributed by atoms with van der Waals surface area (Å²) >= 11 is 3.42. The maximum Gasteiger partial charge on any atom is 0.253 e. The van der Waals surface area contributed by atoms with Gasteiger partial charge in [0.15, 0.2) is 0 Å². The van der Waals surface area contributed by atoms with Crippen molar-refractivity contribution in [2.45, 2.75) is 6.54 Å². The summed E-state index contributed by atoms with van der Waals surface area (Å²) < 4.78 is 2.79. The number of hydrogen-bond donors (Lipinski definition) is 1. The minimum Gasteiger partial charge on any atom is -0.348 e. The SMILES string of the molecule is O=C(NCc1cccnc1)c1cc(Br)ccc1-n1cccc1. The molecule has 0 unspecified atom stereocenters. The summed E-state index contributed by atoms with van der Waals surface area (Å²) in [7, 11) is 0. The molecule has 3 rings (SSSR count). The molecule has 2 heterocycles. The Kier molecular flexibility index (Phi) is 4.34. The number of nitrogens with one attached hydrogen (secondary N) is 1. The molecular weight excluding hydrogens is 342 g/mol. The number of nitrogens with zero attached hydrogens (tertiary/aromatic N) is 2. The number of pyridine rings is 1. The van der Waals surface area contributed by atoms with Crippen molar-refractivity contribution >= 4 is 21.8 Å². The number of aromatic nitrogens is 2. The Morgan fingerprint density at radius 1 is 1.18 bits per heavy atom. The van der Waals surface area contributed by atoms with Crippen LogP contribution >= 0.6 is 15.9 Å². The van der Waals surface area contributed by atoms with E-state index in [0.29, 0.717) is 12.1 Å². The first-order chi connectivity index (χ1) is 10.7. The van der Waals surface area contributed by atoms with E-state index in [4.69, 9.17) is 0 Å². The molecule has 0 spiro atoms. The van der Waals surface area contributed by atoms with Gasteiger partial charge in [0.25, 0.3) is 5.91 Å². The first-order valence-corrected chi connectivity index (χ1v) is 7.63. The van der Waals surface area contributed by atoms with Gasteiger partial charge in [-0.05, 0) is 42.0 Å². The average Bonchev–Trinajstić information content (AvgIpc) is 3.08. The van der Waals surface area contributed by atoms with Crippen LogP contribution in [-0.2, 0) is 6.54 Å². The number of amides is 1. The molecule has 0 atom stereocenters. The van der Waals surface area contributed by atoms with E-state index in [1.54, 1.807) is 12.4 Å². The second-order valence-electron chi connectivity index (χ2n) is 4.80. The van der Waals surface area contributed by atoms with E-state index in [2.05, 4.69) is 26.2 Å². The molecule has 110 valence electrons. The van der Waals surface area contributed by atoms with Gasteiger partial charge in [0, 0.05) is 35.8 Å². The predicted molar refractivity (Wildman–Crippen MR) is 88.9 cm³/mol. The summed E-state index contributed by atoms with van der Waals surface area (Å²) in [6.07, 6.45) is 7.29. The largest absolute Gasteiger partial charge is 0.348 e. The van der Waals surface area contributed by atoms with Gasteiger partial charge < -0.3 is 9.88 Å². The number of carbonyl (C=O) groups excluding carboxylic acids is 1. The summed E-state index contributed by atoms with van der Waals surface area (Å²) in [5.74, 6) is -0.117. The lowest BCUT2D eigenvalue weighted by Gasteiger charge is -2.12. The second-order valence-corrected chi connectivity index (χ2v) is 5.71. The van der Waals surface area contributed by atoms with Gasteiger partial charge in [-0.1, -0.05) is 22.0 Å². The summed E-state index contributed by atoms with van der Waals surface area (Å²) in [4.78, 5) is 16.6. The van der Waals surface area contributed by atoms with Crippen LogP contribution in [0.15, 0.2) is 71.7 Å². The van der Waals surface area contributed by atoms with E-state index < -0.39 is 0 Å². The van der Waals surface area contributed by atoms with Crippen LogP contribution in [0.4, 0.5) is 0 Å². The fourth-order valence-corrected chi connectivity index (χ4v) is 2.55. The molecule has 5 heteroatoms. The van der Waals surface area contributed by atoms with Crippen LogP contribution in [0, 0.1) is 0 Å². The van der Waals surface area contributed by atoms with Gasteiger partial charge in [0.1, 0.15) is 0 Å². The zero-order valence-corrected chi connectivity index (χ0v) is 13.3. The minimum atomic E-state index is -0.117. The number of hydrogen-bond acceptors (Lipinski definition) is 2. The van der Waals surface area contributed by atoms with Crippen LogP contribution in [0.5, 0.6) is 0 Å². The van der Waals surface area contributed by atoms with Gasteiger partial charge in [-0.2, -0.15) is 0 Å². The molecule has 0 aliphatic carbocycles. The van der Waals surface area contributed by atoms with Crippen molar-refractivity contribution in [2.24, 2.45) is 0 Å². The highest BCUT2D eigenvalue weighted by Crippen LogP contribution is 2.20. The molecule has 0 radical (unpaired) electrons. The Labute approximate surface area is 136 Å². The van der Waals surface area contributed by atoms with Crippen molar-refractivity contribution in [1.29, 1.82) is 0 Å². The van der Waals surface area contributed by atoms with Crippen molar-refractivity contribution in [3.63, 3.8) is 0 Å². The second kappa shape index (κ2) is 6.58. The molecule has 1 aromatic carbocycles.